The topological polar surface area (TPSA) is 105 Å². The highest BCUT2D eigenvalue weighted by atomic mass is 32.2. The maximum absolute atomic E-state index is 13.2. The molecule has 1 aromatic carbocycles. The molecule has 0 aliphatic carbocycles. The van der Waals surface area contributed by atoms with Crippen molar-refractivity contribution < 1.29 is 27.1 Å². The molecule has 2 fully saturated rings. The second kappa shape index (κ2) is 9.15. The van der Waals surface area contributed by atoms with Crippen LogP contribution >= 0.6 is 11.8 Å². The molecule has 0 radical (unpaired) electrons. The molecule has 8 nitrogen and oxygen atoms in total. The molecule has 2 heterocycles. The number of amides is 2. The Morgan fingerprint density at radius 2 is 1.94 bits per heavy atom. The molecule has 11 heteroatoms. The summed E-state index contributed by atoms with van der Waals surface area (Å²) in [5.41, 5.74) is 0.159. The average molecular weight is 472 g/mol. The minimum absolute atomic E-state index is 0.000723. The maximum atomic E-state index is 13.2. The van der Waals surface area contributed by atoms with Gasteiger partial charge in [-0.2, -0.15) is 4.99 Å². The van der Waals surface area contributed by atoms with Gasteiger partial charge in [0.05, 0.1) is 17.5 Å². The molecule has 2 aliphatic rings. The summed E-state index contributed by atoms with van der Waals surface area (Å²) in [6.07, 6.45) is -0.623. The van der Waals surface area contributed by atoms with E-state index < -0.39 is 27.4 Å². The Kier molecular flexibility index (Phi) is 6.95. The summed E-state index contributed by atoms with van der Waals surface area (Å²) in [6.45, 7) is 5.63. The number of nitrogens with one attached hydrogen (secondary N) is 1. The van der Waals surface area contributed by atoms with Crippen LogP contribution in [0.2, 0.25) is 0 Å². The highest BCUT2D eigenvalue weighted by Crippen LogP contribution is 2.39. The number of sulfone groups is 1. The smallest absolute Gasteiger partial charge is 0.407 e. The molecule has 0 aromatic heterocycles. The molecule has 2 saturated heterocycles. The molecule has 0 saturated carbocycles. The zero-order chi connectivity index (χ0) is 22.8. The Morgan fingerprint density at radius 3 is 2.58 bits per heavy atom. The van der Waals surface area contributed by atoms with Gasteiger partial charge in [0.25, 0.3) is 0 Å². The number of aliphatic imine (C=N–C) groups is 1. The van der Waals surface area contributed by atoms with E-state index >= 15 is 0 Å². The van der Waals surface area contributed by atoms with Gasteiger partial charge >= 0.3 is 6.09 Å². The number of halogens is 1. The third-order valence-corrected chi connectivity index (χ3v) is 7.92. The Bertz CT molecular complexity index is 974. The first-order valence-electron chi connectivity index (χ1n) is 9.88. The van der Waals surface area contributed by atoms with E-state index in [1.54, 1.807) is 32.9 Å². The zero-order valence-corrected chi connectivity index (χ0v) is 19.3. The Labute approximate surface area is 185 Å². The van der Waals surface area contributed by atoms with Gasteiger partial charge in [-0.25, -0.2) is 17.6 Å². The lowest BCUT2D eigenvalue weighted by Crippen LogP contribution is -2.37. The second-order valence-corrected chi connectivity index (χ2v) is 11.9. The molecule has 0 bridgehead atoms. The van der Waals surface area contributed by atoms with E-state index in [9.17, 15) is 22.4 Å². The summed E-state index contributed by atoms with van der Waals surface area (Å²) in [4.78, 5) is 30.0. The fourth-order valence-corrected chi connectivity index (χ4v) is 7.32. The summed E-state index contributed by atoms with van der Waals surface area (Å²) in [6, 6.07) is 5.64. The number of carbonyl (C=O) groups is 2. The van der Waals surface area contributed by atoms with E-state index in [0.717, 1.165) is 5.56 Å². The molecule has 170 valence electrons. The first kappa shape index (κ1) is 23.5. The molecule has 2 aliphatic heterocycles. The summed E-state index contributed by atoms with van der Waals surface area (Å²) < 4.78 is 42.5. The summed E-state index contributed by atoms with van der Waals surface area (Å²) in [7, 11) is -3.15. The number of thioether (sulfide) groups is 1. The van der Waals surface area contributed by atoms with Gasteiger partial charge in [-0.15, -0.1) is 0 Å². The van der Waals surface area contributed by atoms with Crippen molar-refractivity contribution in [3.05, 3.63) is 35.6 Å². The number of amidine groups is 1. The van der Waals surface area contributed by atoms with Gasteiger partial charge in [0.15, 0.2) is 15.0 Å². The van der Waals surface area contributed by atoms with Crippen LogP contribution in [0.1, 0.15) is 32.8 Å². The number of hydrogen-bond donors (Lipinski definition) is 1. The minimum Gasteiger partial charge on any atom is -0.444 e. The number of ether oxygens (including phenoxy) is 1. The molecule has 1 N–H and O–H groups in total. The van der Waals surface area contributed by atoms with Crippen molar-refractivity contribution in [2.24, 2.45) is 4.99 Å². The van der Waals surface area contributed by atoms with Gasteiger partial charge in [-0.1, -0.05) is 23.9 Å². The highest BCUT2D eigenvalue weighted by Gasteiger charge is 2.48. The first-order chi connectivity index (χ1) is 14.4. The van der Waals surface area contributed by atoms with E-state index in [2.05, 4.69) is 10.3 Å². The van der Waals surface area contributed by atoms with Crippen LogP contribution < -0.4 is 5.32 Å². The summed E-state index contributed by atoms with van der Waals surface area (Å²) in [5.74, 6) is -0.748. The van der Waals surface area contributed by atoms with Gasteiger partial charge < -0.3 is 15.0 Å². The van der Waals surface area contributed by atoms with Gasteiger partial charge in [0, 0.05) is 24.8 Å². The molecule has 2 amide bonds. The number of nitrogens with zero attached hydrogens (tertiary/aromatic N) is 2. The van der Waals surface area contributed by atoms with Crippen molar-refractivity contribution in [1.29, 1.82) is 0 Å². The first-order valence-corrected chi connectivity index (χ1v) is 12.6. The van der Waals surface area contributed by atoms with Crippen molar-refractivity contribution in [2.45, 2.75) is 50.6 Å². The van der Waals surface area contributed by atoms with Crippen molar-refractivity contribution in [3.8, 4) is 0 Å². The number of benzene rings is 1. The second-order valence-electron chi connectivity index (χ2n) is 8.52. The van der Waals surface area contributed by atoms with E-state index in [1.165, 1.54) is 23.9 Å². The Balaban J connectivity index is 1.66. The normalized spacial score (nSPS) is 23.6. The molecule has 0 spiro atoms. The van der Waals surface area contributed by atoms with Crippen molar-refractivity contribution in [3.63, 3.8) is 0 Å². The monoisotopic (exact) mass is 471 g/mol. The molecular weight excluding hydrogens is 445 g/mol. The predicted octanol–water partition coefficient (Wildman–Crippen LogP) is 2.34. The molecule has 0 unspecified atom stereocenters. The molecule has 1 aromatic rings. The molecular formula is C20H26FN3O5S2. The van der Waals surface area contributed by atoms with Gasteiger partial charge in [0.1, 0.15) is 11.4 Å². The van der Waals surface area contributed by atoms with Crippen LogP contribution in [-0.2, 0) is 25.9 Å². The maximum Gasteiger partial charge on any atom is 0.407 e. The van der Waals surface area contributed by atoms with Crippen LogP contribution in [-0.4, -0.2) is 65.4 Å². The number of rotatable bonds is 5. The SMILES string of the molecule is CC(C)(C)OC(=O)NCCC(=O)N=C1S[C@@H]2CS(=O)(=O)C[C@H]2N1Cc1ccc(F)cc1. The molecule has 2 atom stereocenters. The number of carbonyl (C=O) groups excluding carboxylic acids is 2. The molecule has 3 rings (SSSR count). The van der Waals surface area contributed by atoms with E-state index in [-0.39, 0.29) is 41.6 Å². The van der Waals surface area contributed by atoms with E-state index in [0.29, 0.717) is 11.7 Å². The number of fused-ring (bicyclic) bond motifs is 1. The summed E-state index contributed by atoms with van der Waals surface area (Å²) >= 11 is 1.28. The minimum atomic E-state index is -3.15. The Morgan fingerprint density at radius 1 is 1.26 bits per heavy atom. The van der Waals surface area contributed by atoms with Crippen molar-refractivity contribution in [2.75, 3.05) is 18.1 Å². The van der Waals surface area contributed by atoms with Gasteiger partial charge in [-0.3, -0.25) is 4.79 Å². The summed E-state index contributed by atoms with van der Waals surface area (Å²) in [5, 5.41) is 2.77. The zero-order valence-electron chi connectivity index (χ0n) is 17.6. The van der Waals surface area contributed by atoms with Crippen LogP contribution in [0.5, 0.6) is 0 Å². The fraction of sp³-hybridized carbons (Fsp3) is 0.550. The lowest BCUT2D eigenvalue weighted by Gasteiger charge is -2.24. The van der Waals surface area contributed by atoms with Crippen LogP contribution in [0.4, 0.5) is 9.18 Å². The lowest BCUT2D eigenvalue weighted by atomic mass is 10.1. The standard InChI is InChI=1S/C20H26FN3O5S2/c1-20(2,3)29-19(26)22-9-8-17(25)23-18-24(10-13-4-6-14(21)7-5-13)15-11-31(27,28)12-16(15)30-18/h4-7,15-16H,8-12H2,1-3H3,(H,22,26)/t15-,16-/m1/s1. The van der Waals surface area contributed by atoms with Gasteiger partial charge in [0.2, 0.25) is 5.91 Å². The van der Waals surface area contributed by atoms with Crippen LogP contribution in [0, 0.1) is 5.82 Å². The van der Waals surface area contributed by atoms with Crippen LogP contribution in [0.25, 0.3) is 0 Å². The largest absolute Gasteiger partial charge is 0.444 e. The quantitative estimate of drug-likeness (QED) is 0.703. The fourth-order valence-electron chi connectivity index (χ4n) is 3.36. The van der Waals surface area contributed by atoms with E-state index in [4.69, 9.17) is 4.74 Å². The van der Waals surface area contributed by atoms with E-state index in [1.807, 2.05) is 4.90 Å². The molecule has 31 heavy (non-hydrogen) atoms. The third kappa shape index (κ3) is 6.67. The van der Waals surface area contributed by atoms with Crippen molar-refractivity contribution in [1.82, 2.24) is 10.2 Å². The number of hydrogen-bond acceptors (Lipinski definition) is 6. The van der Waals surface area contributed by atoms with Crippen LogP contribution in [0.15, 0.2) is 29.3 Å². The lowest BCUT2D eigenvalue weighted by molar-refractivity contribution is -0.117. The third-order valence-electron chi connectivity index (χ3n) is 4.67. The van der Waals surface area contributed by atoms with Crippen molar-refractivity contribution >= 4 is 38.8 Å². The van der Waals surface area contributed by atoms with Gasteiger partial charge in [-0.05, 0) is 38.5 Å². The van der Waals surface area contributed by atoms with Crippen LogP contribution in [0.3, 0.4) is 0 Å². The Hall–Kier alpha value is -2.14. The number of alkyl carbamates (subject to hydrolysis) is 1. The average Bonchev–Trinajstić information content (AvgIpc) is 3.07. The predicted molar refractivity (Wildman–Crippen MR) is 117 cm³/mol. The highest BCUT2D eigenvalue weighted by molar-refractivity contribution is 8.15.